The molecule has 11 heavy (non-hydrogen) atoms. The fraction of sp³-hybridized carbons (Fsp3) is 0.778. The first-order valence-corrected chi connectivity index (χ1v) is 4.20. The standard InChI is InChI=1S/C9H20N2/c1-4-7-11(3)8-9(2)5-6-10/h4,9H,1,5-8,10H2,2-3H3. The van der Waals surface area contributed by atoms with Crippen molar-refractivity contribution in [2.24, 2.45) is 11.7 Å². The largest absolute Gasteiger partial charge is 0.330 e. The van der Waals surface area contributed by atoms with E-state index in [0.717, 1.165) is 26.1 Å². The molecule has 0 aliphatic rings. The number of hydrogen-bond acceptors (Lipinski definition) is 2. The Balaban J connectivity index is 3.39. The van der Waals surface area contributed by atoms with E-state index in [1.807, 2.05) is 6.08 Å². The van der Waals surface area contributed by atoms with Crippen LogP contribution in [0.2, 0.25) is 0 Å². The van der Waals surface area contributed by atoms with E-state index in [1.165, 1.54) is 0 Å². The lowest BCUT2D eigenvalue weighted by Crippen LogP contribution is -2.25. The van der Waals surface area contributed by atoms with Crippen LogP contribution in [0.5, 0.6) is 0 Å². The molecular weight excluding hydrogens is 136 g/mol. The van der Waals surface area contributed by atoms with Gasteiger partial charge in [0.15, 0.2) is 0 Å². The Hall–Kier alpha value is -0.340. The summed E-state index contributed by atoms with van der Waals surface area (Å²) in [5, 5.41) is 0. The lowest BCUT2D eigenvalue weighted by Gasteiger charge is -2.18. The van der Waals surface area contributed by atoms with Gasteiger partial charge in [-0.3, -0.25) is 0 Å². The van der Waals surface area contributed by atoms with Gasteiger partial charge in [0.2, 0.25) is 0 Å². The van der Waals surface area contributed by atoms with Gasteiger partial charge < -0.3 is 10.6 Å². The third kappa shape index (κ3) is 6.07. The predicted octanol–water partition coefficient (Wildman–Crippen LogP) is 1.09. The van der Waals surface area contributed by atoms with Crippen LogP contribution in [0.15, 0.2) is 12.7 Å². The quantitative estimate of drug-likeness (QED) is 0.583. The van der Waals surface area contributed by atoms with Gasteiger partial charge >= 0.3 is 0 Å². The van der Waals surface area contributed by atoms with Crippen LogP contribution >= 0.6 is 0 Å². The smallest absolute Gasteiger partial charge is 0.0157 e. The highest BCUT2D eigenvalue weighted by molar-refractivity contribution is 4.72. The van der Waals surface area contributed by atoms with Crippen LogP contribution in [0, 0.1) is 5.92 Å². The van der Waals surface area contributed by atoms with Gasteiger partial charge in [0.1, 0.15) is 0 Å². The molecule has 0 aliphatic carbocycles. The van der Waals surface area contributed by atoms with Crippen molar-refractivity contribution in [3.05, 3.63) is 12.7 Å². The van der Waals surface area contributed by atoms with Gasteiger partial charge in [0.25, 0.3) is 0 Å². The summed E-state index contributed by atoms with van der Waals surface area (Å²) in [6.07, 6.45) is 3.04. The Labute approximate surface area is 70.1 Å². The Morgan fingerprint density at radius 3 is 2.73 bits per heavy atom. The van der Waals surface area contributed by atoms with Crippen molar-refractivity contribution in [2.75, 3.05) is 26.7 Å². The molecule has 1 unspecified atom stereocenters. The second kappa shape index (κ2) is 6.38. The highest BCUT2D eigenvalue weighted by Gasteiger charge is 2.03. The zero-order valence-electron chi connectivity index (χ0n) is 7.71. The molecule has 2 heteroatoms. The van der Waals surface area contributed by atoms with Crippen molar-refractivity contribution in [1.29, 1.82) is 0 Å². The van der Waals surface area contributed by atoms with Crippen LogP contribution in [0.3, 0.4) is 0 Å². The molecule has 0 saturated heterocycles. The van der Waals surface area contributed by atoms with Crippen molar-refractivity contribution >= 4 is 0 Å². The van der Waals surface area contributed by atoms with Crippen molar-refractivity contribution < 1.29 is 0 Å². The number of nitrogens with two attached hydrogens (primary N) is 1. The molecule has 2 nitrogen and oxygen atoms in total. The predicted molar refractivity (Wildman–Crippen MR) is 50.5 cm³/mol. The summed E-state index contributed by atoms with van der Waals surface area (Å²) in [5.41, 5.74) is 5.44. The van der Waals surface area contributed by atoms with E-state index >= 15 is 0 Å². The lowest BCUT2D eigenvalue weighted by atomic mass is 10.1. The molecule has 0 bridgehead atoms. The van der Waals surface area contributed by atoms with E-state index in [4.69, 9.17) is 5.73 Å². The fourth-order valence-electron chi connectivity index (χ4n) is 1.20. The molecule has 0 heterocycles. The molecule has 0 aromatic rings. The summed E-state index contributed by atoms with van der Waals surface area (Å²) in [6, 6.07) is 0. The average molecular weight is 156 g/mol. The Kier molecular flexibility index (Phi) is 6.18. The summed E-state index contributed by atoms with van der Waals surface area (Å²) in [5.74, 6) is 0.699. The topological polar surface area (TPSA) is 29.3 Å². The molecule has 0 aromatic carbocycles. The third-order valence-corrected chi connectivity index (χ3v) is 1.72. The Morgan fingerprint density at radius 1 is 1.64 bits per heavy atom. The Morgan fingerprint density at radius 2 is 2.27 bits per heavy atom. The average Bonchev–Trinajstić information content (AvgIpc) is 1.87. The van der Waals surface area contributed by atoms with E-state index in [1.54, 1.807) is 0 Å². The molecule has 0 spiro atoms. The molecule has 0 fully saturated rings. The SMILES string of the molecule is C=CCN(C)CC(C)CCN. The summed E-state index contributed by atoms with van der Waals surface area (Å²) in [4.78, 5) is 2.26. The van der Waals surface area contributed by atoms with Crippen LogP contribution in [0.4, 0.5) is 0 Å². The zero-order valence-corrected chi connectivity index (χ0v) is 7.71. The zero-order chi connectivity index (χ0) is 8.69. The van der Waals surface area contributed by atoms with Crippen LogP contribution in [-0.2, 0) is 0 Å². The van der Waals surface area contributed by atoms with Crippen LogP contribution in [0.1, 0.15) is 13.3 Å². The van der Waals surface area contributed by atoms with Crippen LogP contribution in [-0.4, -0.2) is 31.6 Å². The molecule has 0 rings (SSSR count). The van der Waals surface area contributed by atoms with E-state index < -0.39 is 0 Å². The first-order chi connectivity index (χ1) is 5.20. The van der Waals surface area contributed by atoms with Gasteiger partial charge in [-0.15, -0.1) is 6.58 Å². The van der Waals surface area contributed by atoms with Gasteiger partial charge in [-0.1, -0.05) is 13.0 Å². The minimum atomic E-state index is 0.699. The summed E-state index contributed by atoms with van der Waals surface area (Å²) >= 11 is 0. The molecule has 2 N–H and O–H groups in total. The number of likely N-dealkylation sites (N-methyl/N-ethyl adjacent to an activating group) is 1. The number of hydrogen-bond donors (Lipinski definition) is 1. The van der Waals surface area contributed by atoms with Gasteiger partial charge in [0.05, 0.1) is 0 Å². The van der Waals surface area contributed by atoms with Gasteiger partial charge in [-0.2, -0.15) is 0 Å². The highest BCUT2D eigenvalue weighted by Crippen LogP contribution is 2.01. The monoisotopic (exact) mass is 156 g/mol. The van der Waals surface area contributed by atoms with Gasteiger partial charge in [-0.05, 0) is 25.9 Å². The van der Waals surface area contributed by atoms with Crippen molar-refractivity contribution in [1.82, 2.24) is 4.90 Å². The van der Waals surface area contributed by atoms with E-state index in [9.17, 15) is 0 Å². The number of rotatable bonds is 6. The number of nitrogens with zero attached hydrogens (tertiary/aromatic N) is 1. The fourth-order valence-corrected chi connectivity index (χ4v) is 1.20. The third-order valence-electron chi connectivity index (χ3n) is 1.72. The minimum absolute atomic E-state index is 0.699. The first kappa shape index (κ1) is 10.7. The maximum Gasteiger partial charge on any atom is 0.0157 e. The molecule has 0 radical (unpaired) electrons. The molecular formula is C9H20N2. The molecule has 0 amide bonds. The van der Waals surface area contributed by atoms with Crippen LogP contribution in [0.25, 0.3) is 0 Å². The molecule has 0 aromatic heterocycles. The summed E-state index contributed by atoms with van der Waals surface area (Å²) in [6.45, 7) is 8.79. The lowest BCUT2D eigenvalue weighted by molar-refractivity contribution is 0.305. The molecule has 1 atom stereocenters. The second-order valence-corrected chi connectivity index (χ2v) is 3.19. The second-order valence-electron chi connectivity index (χ2n) is 3.19. The van der Waals surface area contributed by atoms with Crippen molar-refractivity contribution in [3.63, 3.8) is 0 Å². The maximum atomic E-state index is 5.44. The first-order valence-electron chi connectivity index (χ1n) is 4.20. The van der Waals surface area contributed by atoms with E-state index in [0.29, 0.717) is 5.92 Å². The molecule has 0 saturated carbocycles. The van der Waals surface area contributed by atoms with Gasteiger partial charge in [-0.25, -0.2) is 0 Å². The van der Waals surface area contributed by atoms with Crippen LogP contribution < -0.4 is 5.73 Å². The molecule has 66 valence electrons. The summed E-state index contributed by atoms with van der Waals surface area (Å²) in [7, 11) is 2.11. The Bertz CT molecular complexity index is 102. The van der Waals surface area contributed by atoms with E-state index in [-0.39, 0.29) is 0 Å². The van der Waals surface area contributed by atoms with E-state index in [2.05, 4.69) is 25.5 Å². The molecule has 0 aliphatic heterocycles. The minimum Gasteiger partial charge on any atom is -0.330 e. The summed E-state index contributed by atoms with van der Waals surface area (Å²) < 4.78 is 0. The highest BCUT2D eigenvalue weighted by atomic mass is 15.1. The van der Waals surface area contributed by atoms with Crippen molar-refractivity contribution in [3.8, 4) is 0 Å². The maximum absolute atomic E-state index is 5.44. The normalized spacial score (nSPS) is 13.5. The van der Waals surface area contributed by atoms with Crippen molar-refractivity contribution in [2.45, 2.75) is 13.3 Å². The van der Waals surface area contributed by atoms with Gasteiger partial charge in [0, 0.05) is 13.1 Å².